The van der Waals surface area contributed by atoms with Crippen molar-refractivity contribution in [2.24, 2.45) is 5.92 Å². The predicted octanol–water partition coefficient (Wildman–Crippen LogP) is 2.72. The van der Waals surface area contributed by atoms with Crippen LogP contribution in [0.4, 0.5) is 5.69 Å². The molecule has 0 fully saturated rings. The van der Waals surface area contributed by atoms with Gasteiger partial charge < -0.3 is 5.32 Å². The van der Waals surface area contributed by atoms with E-state index in [-0.39, 0.29) is 0 Å². The van der Waals surface area contributed by atoms with Gasteiger partial charge in [-0.1, -0.05) is 18.2 Å². The monoisotopic (exact) mass is 299 g/mol. The average molecular weight is 299 g/mol. The third-order valence-corrected chi connectivity index (χ3v) is 3.91. The van der Waals surface area contributed by atoms with E-state index < -0.39 is 17.6 Å². The zero-order chi connectivity index (χ0) is 15.4. The Bertz CT molecular complexity index is 716. The van der Waals surface area contributed by atoms with Gasteiger partial charge in [-0.15, -0.1) is 11.3 Å². The molecule has 1 atom stereocenters. The molecule has 1 amide bonds. The quantitative estimate of drug-likeness (QED) is 0.695. The summed E-state index contributed by atoms with van der Waals surface area (Å²) in [6.07, 6.45) is 0. The highest BCUT2D eigenvalue weighted by molar-refractivity contribution is 7.13. The Morgan fingerprint density at radius 2 is 1.95 bits per heavy atom. The summed E-state index contributed by atoms with van der Waals surface area (Å²) < 4.78 is 0. The van der Waals surface area contributed by atoms with Gasteiger partial charge in [0, 0.05) is 5.69 Å². The molecule has 1 N–H and O–H groups in total. The van der Waals surface area contributed by atoms with Gasteiger partial charge in [-0.05, 0) is 26.0 Å². The van der Waals surface area contributed by atoms with E-state index in [1.54, 1.807) is 44.2 Å². The summed E-state index contributed by atoms with van der Waals surface area (Å²) in [6.45, 7) is 3.47. The third-order valence-electron chi connectivity index (χ3n) is 2.82. The first-order valence-electron chi connectivity index (χ1n) is 6.26. The third kappa shape index (κ3) is 3.33. The number of amides is 1. The Kier molecular flexibility index (Phi) is 4.45. The molecule has 2 rings (SSSR count). The molecule has 1 unspecified atom stereocenters. The number of nitrogens with one attached hydrogen (secondary N) is 1. The van der Waals surface area contributed by atoms with Gasteiger partial charge in [0.15, 0.2) is 5.92 Å². The van der Waals surface area contributed by atoms with Crippen LogP contribution in [0.25, 0.3) is 0 Å². The fourth-order valence-corrected chi connectivity index (χ4v) is 2.75. The van der Waals surface area contributed by atoms with Crippen LogP contribution in [0.3, 0.4) is 0 Å². The number of nitriles is 1. The summed E-state index contributed by atoms with van der Waals surface area (Å²) in [6, 6.07) is 10.5. The molecule has 0 saturated carbocycles. The van der Waals surface area contributed by atoms with Crippen LogP contribution < -0.4 is 5.32 Å². The molecule has 1 aromatic carbocycles. The molecule has 1 heterocycles. The van der Waals surface area contributed by atoms with Crippen LogP contribution in [-0.2, 0) is 4.79 Å². The number of aromatic nitrogens is 1. The van der Waals surface area contributed by atoms with Crippen molar-refractivity contribution in [3.63, 3.8) is 0 Å². The van der Waals surface area contributed by atoms with E-state index in [2.05, 4.69) is 10.3 Å². The Morgan fingerprint density at radius 3 is 2.48 bits per heavy atom. The summed E-state index contributed by atoms with van der Waals surface area (Å²) >= 11 is 1.20. The maximum Gasteiger partial charge on any atom is 0.249 e. The zero-order valence-corrected chi connectivity index (χ0v) is 12.4. The van der Waals surface area contributed by atoms with Crippen molar-refractivity contribution < 1.29 is 9.59 Å². The first-order chi connectivity index (χ1) is 10.0. The van der Waals surface area contributed by atoms with Crippen LogP contribution in [0.5, 0.6) is 0 Å². The lowest BCUT2D eigenvalue weighted by molar-refractivity contribution is -0.117. The molecule has 5 nitrogen and oxygen atoms in total. The minimum absolute atomic E-state index is 0.363. The highest BCUT2D eigenvalue weighted by Crippen LogP contribution is 2.21. The summed E-state index contributed by atoms with van der Waals surface area (Å²) in [5.74, 6) is -2.50. The highest BCUT2D eigenvalue weighted by Gasteiger charge is 2.30. The Hall–Kier alpha value is -2.52. The van der Waals surface area contributed by atoms with Gasteiger partial charge in [-0.3, -0.25) is 9.59 Å². The van der Waals surface area contributed by atoms with Crippen LogP contribution in [0.15, 0.2) is 30.3 Å². The molecule has 21 heavy (non-hydrogen) atoms. The molecule has 2 aromatic rings. The fraction of sp³-hybridized carbons (Fsp3) is 0.200. The van der Waals surface area contributed by atoms with Crippen LogP contribution in [-0.4, -0.2) is 16.7 Å². The van der Waals surface area contributed by atoms with Gasteiger partial charge >= 0.3 is 0 Å². The van der Waals surface area contributed by atoms with Crippen LogP contribution in [0, 0.1) is 31.1 Å². The first kappa shape index (κ1) is 14.9. The minimum atomic E-state index is -1.37. The predicted molar refractivity (Wildman–Crippen MR) is 80.1 cm³/mol. The summed E-state index contributed by atoms with van der Waals surface area (Å²) in [5, 5.41) is 12.5. The number of rotatable bonds is 4. The molecule has 0 aliphatic heterocycles. The van der Waals surface area contributed by atoms with Gasteiger partial charge in [0.05, 0.1) is 21.6 Å². The van der Waals surface area contributed by atoms with Gasteiger partial charge in [0.25, 0.3) is 0 Å². The first-order valence-corrected chi connectivity index (χ1v) is 7.08. The lowest BCUT2D eigenvalue weighted by atomic mass is 10.0. The number of Topliss-reactive ketones (excluding diaryl/α,β-unsaturated/α-hetero) is 1. The van der Waals surface area contributed by atoms with E-state index in [0.29, 0.717) is 16.3 Å². The molecule has 0 saturated heterocycles. The lowest BCUT2D eigenvalue weighted by Crippen LogP contribution is -2.28. The van der Waals surface area contributed by atoms with E-state index >= 15 is 0 Å². The fourth-order valence-electron chi connectivity index (χ4n) is 1.86. The van der Waals surface area contributed by atoms with Crippen molar-refractivity contribution in [2.75, 3.05) is 5.32 Å². The molecule has 6 heteroatoms. The molecule has 0 aliphatic carbocycles. The standard InChI is InChI=1S/C15H13N3O2S/c1-9-14(21-10(2)17-9)13(19)12(8-16)15(20)18-11-6-4-3-5-7-11/h3-7,12H,1-2H3,(H,18,20). The summed E-state index contributed by atoms with van der Waals surface area (Å²) in [5.41, 5.74) is 1.10. The van der Waals surface area contributed by atoms with E-state index in [1.807, 2.05) is 6.07 Å². The summed E-state index contributed by atoms with van der Waals surface area (Å²) in [4.78, 5) is 28.9. The van der Waals surface area contributed by atoms with Gasteiger partial charge in [0.1, 0.15) is 0 Å². The molecule has 106 valence electrons. The summed E-state index contributed by atoms with van der Waals surface area (Å²) in [7, 11) is 0. The second kappa shape index (κ2) is 6.29. The number of para-hydroxylation sites is 1. The second-order valence-electron chi connectivity index (χ2n) is 4.43. The van der Waals surface area contributed by atoms with Crippen molar-refractivity contribution in [3.8, 4) is 6.07 Å². The molecule has 0 radical (unpaired) electrons. The smallest absolute Gasteiger partial charge is 0.249 e. The molecular weight excluding hydrogens is 286 g/mol. The van der Waals surface area contributed by atoms with Crippen molar-refractivity contribution in [1.82, 2.24) is 4.98 Å². The normalized spacial score (nSPS) is 11.5. The number of carbonyl (C=O) groups excluding carboxylic acids is 2. The number of ketones is 1. The number of benzene rings is 1. The SMILES string of the molecule is Cc1nc(C)c(C(=O)C(C#N)C(=O)Nc2ccccc2)s1. The van der Waals surface area contributed by atoms with Crippen molar-refractivity contribution in [3.05, 3.63) is 45.9 Å². The molecule has 0 spiro atoms. The van der Waals surface area contributed by atoms with E-state index in [9.17, 15) is 9.59 Å². The van der Waals surface area contributed by atoms with Crippen molar-refractivity contribution >= 4 is 28.7 Å². The Morgan fingerprint density at radius 1 is 1.29 bits per heavy atom. The van der Waals surface area contributed by atoms with Crippen molar-refractivity contribution in [2.45, 2.75) is 13.8 Å². The maximum atomic E-state index is 12.3. The maximum absolute atomic E-state index is 12.3. The van der Waals surface area contributed by atoms with Crippen molar-refractivity contribution in [1.29, 1.82) is 5.26 Å². The van der Waals surface area contributed by atoms with Gasteiger partial charge in [0.2, 0.25) is 11.7 Å². The van der Waals surface area contributed by atoms with Crippen LogP contribution >= 0.6 is 11.3 Å². The minimum Gasteiger partial charge on any atom is -0.325 e. The molecular formula is C15H13N3O2S. The Balaban J connectivity index is 2.20. The van der Waals surface area contributed by atoms with Crippen LogP contribution in [0.1, 0.15) is 20.4 Å². The molecule has 1 aromatic heterocycles. The van der Waals surface area contributed by atoms with Gasteiger partial charge in [-0.25, -0.2) is 4.98 Å². The van der Waals surface area contributed by atoms with E-state index in [4.69, 9.17) is 5.26 Å². The second-order valence-corrected chi connectivity index (χ2v) is 5.63. The Labute approximate surface area is 126 Å². The number of aryl methyl sites for hydroxylation is 2. The number of carbonyl (C=O) groups is 2. The number of hydrogen-bond acceptors (Lipinski definition) is 5. The molecule has 0 bridgehead atoms. The lowest BCUT2D eigenvalue weighted by Gasteiger charge is -2.08. The van der Waals surface area contributed by atoms with Crippen LogP contribution in [0.2, 0.25) is 0 Å². The number of nitrogens with zero attached hydrogens (tertiary/aromatic N) is 2. The topological polar surface area (TPSA) is 82.8 Å². The number of thiazole rings is 1. The molecule has 0 aliphatic rings. The van der Waals surface area contributed by atoms with E-state index in [1.165, 1.54) is 11.3 Å². The number of hydrogen-bond donors (Lipinski definition) is 1. The van der Waals surface area contributed by atoms with Gasteiger partial charge in [-0.2, -0.15) is 5.26 Å². The highest BCUT2D eigenvalue weighted by atomic mass is 32.1. The number of anilines is 1. The zero-order valence-electron chi connectivity index (χ0n) is 11.6. The largest absolute Gasteiger partial charge is 0.325 e. The average Bonchev–Trinajstić information content (AvgIpc) is 2.79. The van der Waals surface area contributed by atoms with E-state index in [0.717, 1.165) is 5.01 Å².